The lowest BCUT2D eigenvalue weighted by molar-refractivity contribution is 0.410. The van der Waals surface area contributed by atoms with E-state index >= 15 is 0 Å². The Morgan fingerprint density at radius 3 is 2.00 bits per heavy atom. The molecule has 0 aliphatic carbocycles. The molecule has 0 saturated heterocycles. The zero-order chi connectivity index (χ0) is 14.0. The van der Waals surface area contributed by atoms with Gasteiger partial charge in [-0.15, -0.1) is 0 Å². The SMILES string of the molecule is Fc1nc(F)c(F)c(NCc2ccc(Br)cc2)c1F. The van der Waals surface area contributed by atoms with Crippen molar-refractivity contribution in [2.24, 2.45) is 0 Å². The van der Waals surface area contributed by atoms with E-state index in [4.69, 9.17) is 0 Å². The second kappa shape index (κ2) is 5.56. The summed E-state index contributed by atoms with van der Waals surface area (Å²) in [5.41, 5.74) is -0.174. The van der Waals surface area contributed by atoms with Crippen LogP contribution in [-0.4, -0.2) is 4.98 Å². The molecule has 19 heavy (non-hydrogen) atoms. The molecule has 2 aromatic rings. The van der Waals surface area contributed by atoms with Gasteiger partial charge in [0.2, 0.25) is 11.6 Å². The number of aromatic nitrogens is 1. The van der Waals surface area contributed by atoms with Crippen molar-refractivity contribution in [3.63, 3.8) is 0 Å². The minimum absolute atomic E-state index is 0.0179. The number of benzene rings is 1. The number of rotatable bonds is 3. The number of anilines is 1. The van der Waals surface area contributed by atoms with Crippen molar-refractivity contribution in [2.45, 2.75) is 6.54 Å². The van der Waals surface area contributed by atoms with E-state index in [1.807, 2.05) is 0 Å². The smallest absolute Gasteiger partial charge is 0.253 e. The predicted octanol–water partition coefficient (Wildman–Crippen LogP) is 4.01. The molecule has 100 valence electrons. The van der Waals surface area contributed by atoms with E-state index in [0.29, 0.717) is 5.56 Å². The van der Waals surface area contributed by atoms with Gasteiger partial charge in [-0.05, 0) is 17.7 Å². The average Bonchev–Trinajstić information content (AvgIpc) is 2.38. The molecule has 1 N–H and O–H groups in total. The van der Waals surface area contributed by atoms with Gasteiger partial charge in [0.25, 0.3) is 11.9 Å². The molecule has 1 heterocycles. The van der Waals surface area contributed by atoms with E-state index in [9.17, 15) is 17.6 Å². The van der Waals surface area contributed by atoms with Crippen LogP contribution in [0.2, 0.25) is 0 Å². The van der Waals surface area contributed by atoms with E-state index in [-0.39, 0.29) is 6.54 Å². The quantitative estimate of drug-likeness (QED) is 0.677. The van der Waals surface area contributed by atoms with Gasteiger partial charge in [-0.2, -0.15) is 22.5 Å². The van der Waals surface area contributed by atoms with Gasteiger partial charge in [0.1, 0.15) is 5.69 Å². The maximum atomic E-state index is 13.3. The Morgan fingerprint density at radius 1 is 0.947 bits per heavy atom. The van der Waals surface area contributed by atoms with Crippen LogP contribution >= 0.6 is 15.9 Å². The molecule has 0 atom stereocenters. The van der Waals surface area contributed by atoms with Crippen molar-refractivity contribution in [1.82, 2.24) is 4.98 Å². The summed E-state index contributed by atoms with van der Waals surface area (Å²) in [6.07, 6.45) is 0. The van der Waals surface area contributed by atoms with Gasteiger partial charge in [-0.3, -0.25) is 0 Å². The molecular formula is C12H7BrF4N2. The molecular weight excluding hydrogens is 328 g/mol. The van der Waals surface area contributed by atoms with Gasteiger partial charge in [-0.1, -0.05) is 28.1 Å². The van der Waals surface area contributed by atoms with Gasteiger partial charge in [0.05, 0.1) is 0 Å². The van der Waals surface area contributed by atoms with Crippen molar-refractivity contribution in [2.75, 3.05) is 5.32 Å². The van der Waals surface area contributed by atoms with Crippen molar-refractivity contribution < 1.29 is 17.6 Å². The Morgan fingerprint density at radius 2 is 1.47 bits per heavy atom. The minimum Gasteiger partial charge on any atom is -0.376 e. The molecule has 0 aliphatic heterocycles. The van der Waals surface area contributed by atoms with Gasteiger partial charge in [-0.25, -0.2) is 0 Å². The first-order chi connectivity index (χ1) is 8.99. The first-order valence-corrected chi connectivity index (χ1v) is 5.96. The van der Waals surface area contributed by atoms with Crippen molar-refractivity contribution in [3.05, 3.63) is 57.8 Å². The Kier molecular flexibility index (Phi) is 4.04. The summed E-state index contributed by atoms with van der Waals surface area (Å²) in [5.74, 6) is -6.46. The van der Waals surface area contributed by atoms with Crippen LogP contribution in [0, 0.1) is 23.5 Å². The highest BCUT2D eigenvalue weighted by atomic mass is 79.9. The summed E-state index contributed by atoms with van der Waals surface area (Å²) in [5, 5.41) is 2.31. The molecule has 2 rings (SSSR count). The lowest BCUT2D eigenvalue weighted by atomic mass is 10.2. The zero-order valence-corrected chi connectivity index (χ0v) is 10.9. The summed E-state index contributed by atoms with van der Waals surface area (Å²) < 4.78 is 53.2. The number of pyridine rings is 1. The second-order valence-electron chi connectivity index (χ2n) is 3.68. The van der Waals surface area contributed by atoms with Crippen molar-refractivity contribution >= 4 is 21.6 Å². The van der Waals surface area contributed by atoms with Crippen LogP contribution in [0.1, 0.15) is 5.56 Å². The minimum atomic E-state index is -1.68. The van der Waals surface area contributed by atoms with Crippen LogP contribution in [0.4, 0.5) is 23.2 Å². The topological polar surface area (TPSA) is 24.9 Å². The third-order valence-corrected chi connectivity index (χ3v) is 2.91. The fourth-order valence-corrected chi connectivity index (χ4v) is 1.70. The van der Waals surface area contributed by atoms with E-state index in [1.54, 1.807) is 24.3 Å². The number of halogens is 5. The predicted molar refractivity (Wildman–Crippen MR) is 65.5 cm³/mol. The van der Waals surface area contributed by atoms with Crippen LogP contribution in [0.3, 0.4) is 0 Å². The largest absolute Gasteiger partial charge is 0.376 e. The van der Waals surface area contributed by atoms with E-state index in [2.05, 4.69) is 26.2 Å². The molecule has 0 radical (unpaired) electrons. The Balaban J connectivity index is 2.22. The Labute approximate surface area is 114 Å². The third-order valence-electron chi connectivity index (χ3n) is 2.38. The first kappa shape index (κ1) is 13.8. The van der Waals surface area contributed by atoms with Crippen LogP contribution in [0.25, 0.3) is 0 Å². The van der Waals surface area contributed by atoms with Gasteiger partial charge in [0.15, 0.2) is 0 Å². The molecule has 0 fully saturated rings. The van der Waals surface area contributed by atoms with Crippen LogP contribution in [0.15, 0.2) is 28.7 Å². The fourth-order valence-electron chi connectivity index (χ4n) is 1.43. The monoisotopic (exact) mass is 334 g/mol. The zero-order valence-electron chi connectivity index (χ0n) is 9.35. The molecule has 0 saturated carbocycles. The number of hydrogen-bond acceptors (Lipinski definition) is 2. The normalized spacial score (nSPS) is 10.6. The lowest BCUT2D eigenvalue weighted by Crippen LogP contribution is -2.09. The summed E-state index contributed by atoms with van der Waals surface area (Å²) in [4.78, 5) is 2.47. The van der Waals surface area contributed by atoms with E-state index < -0.39 is 29.2 Å². The number of nitrogens with zero attached hydrogens (tertiary/aromatic N) is 1. The van der Waals surface area contributed by atoms with Crippen molar-refractivity contribution in [1.29, 1.82) is 0 Å². The van der Waals surface area contributed by atoms with E-state index in [1.165, 1.54) is 0 Å². The summed E-state index contributed by atoms with van der Waals surface area (Å²) in [7, 11) is 0. The number of nitrogens with one attached hydrogen (secondary N) is 1. The van der Waals surface area contributed by atoms with E-state index in [0.717, 1.165) is 4.47 Å². The molecule has 1 aromatic heterocycles. The molecule has 0 aliphatic rings. The van der Waals surface area contributed by atoms with Gasteiger partial charge >= 0.3 is 0 Å². The third kappa shape index (κ3) is 3.04. The molecule has 2 nitrogen and oxygen atoms in total. The molecule has 0 spiro atoms. The highest BCUT2D eigenvalue weighted by Gasteiger charge is 2.20. The molecule has 0 bridgehead atoms. The van der Waals surface area contributed by atoms with Gasteiger partial charge < -0.3 is 5.32 Å². The lowest BCUT2D eigenvalue weighted by Gasteiger charge is -2.09. The Bertz CT molecular complexity index is 575. The van der Waals surface area contributed by atoms with Crippen molar-refractivity contribution in [3.8, 4) is 0 Å². The Hall–Kier alpha value is -1.63. The van der Waals surface area contributed by atoms with Crippen LogP contribution < -0.4 is 5.32 Å². The second-order valence-corrected chi connectivity index (χ2v) is 4.59. The van der Waals surface area contributed by atoms with Gasteiger partial charge in [0, 0.05) is 11.0 Å². The maximum Gasteiger partial charge on any atom is 0.253 e. The fraction of sp³-hybridized carbons (Fsp3) is 0.0833. The highest BCUT2D eigenvalue weighted by Crippen LogP contribution is 2.22. The standard InChI is InChI=1S/C12H7BrF4N2/c13-7-3-1-6(2-4-7)5-18-10-8(14)11(16)19-12(17)9(10)15/h1-4H,5H2,(H,18,19). The number of hydrogen-bond donors (Lipinski definition) is 1. The summed E-state index contributed by atoms with van der Waals surface area (Å²) in [6, 6.07) is 6.86. The molecule has 1 aromatic carbocycles. The average molecular weight is 335 g/mol. The highest BCUT2D eigenvalue weighted by molar-refractivity contribution is 9.10. The summed E-state index contributed by atoms with van der Waals surface area (Å²) >= 11 is 3.24. The summed E-state index contributed by atoms with van der Waals surface area (Å²) in [6.45, 7) is 0.0179. The molecule has 7 heteroatoms. The first-order valence-electron chi connectivity index (χ1n) is 5.17. The molecule has 0 unspecified atom stereocenters. The molecule has 0 amide bonds. The van der Waals surface area contributed by atoms with Crippen LogP contribution in [-0.2, 0) is 6.54 Å². The van der Waals surface area contributed by atoms with Crippen LogP contribution in [0.5, 0.6) is 0 Å². The maximum absolute atomic E-state index is 13.3.